The van der Waals surface area contributed by atoms with Crippen LogP contribution in [0.5, 0.6) is 5.75 Å². The third-order valence-corrected chi connectivity index (χ3v) is 5.40. The summed E-state index contributed by atoms with van der Waals surface area (Å²) in [5, 5.41) is 14.5. The molecule has 4 nitrogen and oxygen atoms in total. The van der Waals surface area contributed by atoms with E-state index in [0.29, 0.717) is 5.69 Å². The molecule has 0 aliphatic carbocycles. The summed E-state index contributed by atoms with van der Waals surface area (Å²) < 4.78 is 5.79. The molecule has 0 radical (unpaired) electrons. The number of thioether (sulfide) groups is 1. The van der Waals surface area contributed by atoms with E-state index in [2.05, 4.69) is 11.9 Å². The largest absolute Gasteiger partial charge is 0.507 e. The van der Waals surface area contributed by atoms with Crippen molar-refractivity contribution in [3.05, 3.63) is 78.9 Å². The van der Waals surface area contributed by atoms with E-state index in [1.54, 1.807) is 30.0 Å². The molecule has 2 atom stereocenters. The van der Waals surface area contributed by atoms with Gasteiger partial charge in [-0.3, -0.25) is 5.32 Å². The molecule has 0 fully saturated rings. The number of carbonyl (C=O) groups excluding carboxylic acids is 1. The van der Waals surface area contributed by atoms with Gasteiger partial charge in [-0.15, -0.1) is 18.3 Å². The van der Waals surface area contributed by atoms with Crippen molar-refractivity contribution in [1.29, 1.82) is 0 Å². The zero-order valence-corrected chi connectivity index (χ0v) is 16.7. The van der Waals surface area contributed by atoms with E-state index in [4.69, 9.17) is 4.74 Å². The van der Waals surface area contributed by atoms with Crippen LogP contribution in [0.4, 0.5) is 10.5 Å². The molecule has 0 aliphatic heterocycles. The average molecular weight is 394 g/mol. The van der Waals surface area contributed by atoms with Gasteiger partial charge in [-0.05, 0) is 42.0 Å². The highest BCUT2D eigenvalue weighted by Crippen LogP contribution is 2.36. The molecule has 0 saturated carbocycles. The summed E-state index contributed by atoms with van der Waals surface area (Å²) in [5.74, 6) is 0.0836. The van der Waals surface area contributed by atoms with Gasteiger partial charge in [0.1, 0.15) is 11.9 Å². The van der Waals surface area contributed by atoms with Crippen molar-refractivity contribution in [1.82, 2.24) is 0 Å². The number of hydrogen-bond acceptors (Lipinski definition) is 4. The first kappa shape index (κ1) is 19.8. The van der Waals surface area contributed by atoms with E-state index < -0.39 is 12.2 Å². The predicted molar refractivity (Wildman–Crippen MR) is 116 cm³/mol. The average Bonchev–Trinajstić information content (AvgIpc) is 2.73. The summed E-state index contributed by atoms with van der Waals surface area (Å²) in [6, 6.07) is 18.5. The maximum Gasteiger partial charge on any atom is 0.412 e. The Bertz CT molecular complexity index is 985. The van der Waals surface area contributed by atoms with E-state index in [-0.39, 0.29) is 11.7 Å². The number of aromatic hydroxyl groups is 1. The van der Waals surface area contributed by atoms with Crippen molar-refractivity contribution < 1.29 is 14.6 Å². The Balaban J connectivity index is 1.88. The Morgan fingerprint density at radius 1 is 1.11 bits per heavy atom. The van der Waals surface area contributed by atoms with Crippen molar-refractivity contribution in [3.8, 4) is 5.75 Å². The van der Waals surface area contributed by atoms with Gasteiger partial charge in [0.05, 0.1) is 0 Å². The van der Waals surface area contributed by atoms with Crippen molar-refractivity contribution in [2.75, 3.05) is 11.6 Å². The van der Waals surface area contributed by atoms with Gasteiger partial charge < -0.3 is 9.84 Å². The Hall–Kier alpha value is -2.92. The fourth-order valence-corrected chi connectivity index (χ4v) is 3.48. The topological polar surface area (TPSA) is 58.6 Å². The lowest BCUT2D eigenvalue weighted by molar-refractivity contribution is 0.0906. The normalized spacial score (nSPS) is 12.9. The fourth-order valence-electron chi connectivity index (χ4n) is 3.07. The molecule has 3 aromatic rings. The molecule has 0 aromatic heterocycles. The number of nitrogens with one attached hydrogen (secondary N) is 1. The molecule has 3 aromatic carbocycles. The lowest BCUT2D eigenvalue weighted by Gasteiger charge is -2.24. The quantitative estimate of drug-likeness (QED) is 0.377. The lowest BCUT2D eigenvalue weighted by atomic mass is 9.92. The van der Waals surface area contributed by atoms with Gasteiger partial charge in [-0.2, -0.15) is 0 Å². The van der Waals surface area contributed by atoms with Crippen molar-refractivity contribution in [3.63, 3.8) is 0 Å². The fraction of sp³-hybridized carbons (Fsp3) is 0.174. The number of hydrogen-bond donors (Lipinski definition) is 2. The van der Waals surface area contributed by atoms with Crippen LogP contribution in [0, 0.1) is 5.92 Å². The third kappa shape index (κ3) is 4.31. The number of carbonyl (C=O) groups is 1. The highest BCUT2D eigenvalue weighted by atomic mass is 32.2. The first-order valence-corrected chi connectivity index (χ1v) is 10.2. The van der Waals surface area contributed by atoms with Crippen LogP contribution in [0.1, 0.15) is 18.6 Å². The molecule has 2 N–H and O–H groups in total. The summed E-state index contributed by atoms with van der Waals surface area (Å²) in [6.07, 6.45) is 2.69. The zero-order chi connectivity index (χ0) is 20.1. The maximum absolute atomic E-state index is 12.6. The number of ether oxygens (including phenoxy) is 1. The van der Waals surface area contributed by atoms with E-state index in [0.717, 1.165) is 21.2 Å². The van der Waals surface area contributed by atoms with E-state index in [1.165, 1.54) is 0 Å². The van der Waals surface area contributed by atoms with Crippen LogP contribution in [-0.2, 0) is 4.74 Å². The van der Waals surface area contributed by atoms with Gasteiger partial charge in [0.15, 0.2) is 0 Å². The van der Waals surface area contributed by atoms with Crippen LogP contribution in [-0.4, -0.2) is 17.5 Å². The number of phenols is 1. The van der Waals surface area contributed by atoms with Gasteiger partial charge in [0, 0.05) is 27.5 Å². The van der Waals surface area contributed by atoms with Crippen LogP contribution in [0.3, 0.4) is 0 Å². The molecule has 1 amide bonds. The Morgan fingerprint density at radius 2 is 1.79 bits per heavy atom. The number of phenolic OH excluding ortho intramolecular Hbond substituents is 1. The first-order chi connectivity index (χ1) is 13.5. The molecule has 0 unspecified atom stereocenters. The van der Waals surface area contributed by atoms with Crippen LogP contribution >= 0.6 is 11.8 Å². The maximum atomic E-state index is 12.6. The minimum absolute atomic E-state index is 0.113. The Labute approximate surface area is 169 Å². The third-order valence-electron chi connectivity index (χ3n) is 4.66. The molecule has 0 bridgehead atoms. The number of anilines is 1. The van der Waals surface area contributed by atoms with Crippen LogP contribution in [0.2, 0.25) is 0 Å². The summed E-state index contributed by atoms with van der Waals surface area (Å²) in [6.45, 7) is 5.80. The van der Waals surface area contributed by atoms with Crippen molar-refractivity contribution in [2.24, 2.45) is 5.92 Å². The Morgan fingerprint density at radius 3 is 2.43 bits per heavy atom. The van der Waals surface area contributed by atoms with Gasteiger partial charge in [-0.25, -0.2) is 4.79 Å². The SMILES string of the molecule is C=C[C@H](C)[C@@H](OC(=O)Nc1ccc(SC)cc1)c1ccc(O)c2ccccc12. The van der Waals surface area contributed by atoms with Crippen LogP contribution in [0.25, 0.3) is 10.8 Å². The number of amides is 1. The van der Waals surface area contributed by atoms with E-state index in [1.807, 2.05) is 61.7 Å². The standard InChI is InChI=1S/C23H23NO3S/c1-4-15(2)22(20-13-14-21(25)19-8-6-5-7-18(19)20)27-23(26)24-16-9-11-17(28-3)12-10-16/h4-15,22,25H,1H2,2-3H3,(H,24,26)/t15-,22+/m0/s1. The monoisotopic (exact) mass is 393 g/mol. The van der Waals surface area contributed by atoms with E-state index >= 15 is 0 Å². The minimum atomic E-state index is -0.534. The number of benzene rings is 3. The lowest BCUT2D eigenvalue weighted by Crippen LogP contribution is -2.21. The smallest absolute Gasteiger partial charge is 0.412 e. The molecule has 144 valence electrons. The number of rotatable bonds is 6. The second-order valence-electron chi connectivity index (χ2n) is 6.49. The van der Waals surface area contributed by atoms with Crippen molar-refractivity contribution in [2.45, 2.75) is 17.9 Å². The summed E-state index contributed by atoms with van der Waals surface area (Å²) in [5.41, 5.74) is 1.50. The molecular weight excluding hydrogens is 370 g/mol. The van der Waals surface area contributed by atoms with Gasteiger partial charge in [0.25, 0.3) is 0 Å². The van der Waals surface area contributed by atoms with E-state index in [9.17, 15) is 9.90 Å². The first-order valence-electron chi connectivity index (χ1n) is 8.98. The summed E-state index contributed by atoms with van der Waals surface area (Å²) in [7, 11) is 0. The number of fused-ring (bicyclic) bond motifs is 1. The molecule has 0 aliphatic rings. The highest BCUT2D eigenvalue weighted by molar-refractivity contribution is 7.98. The summed E-state index contributed by atoms with van der Waals surface area (Å²) in [4.78, 5) is 13.7. The minimum Gasteiger partial charge on any atom is -0.507 e. The highest BCUT2D eigenvalue weighted by Gasteiger charge is 2.24. The molecular formula is C23H23NO3S. The molecule has 0 spiro atoms. The zero-order valence-electron chi connectivity index (χ0n) is 15.9. The van der Waals surface area contributed by atoms with Gasteiger partial charge in [-0.1, -0.05) is 43.3 Å². The van der Waals surface area contributed by atoms with Gasteiger partial charge >= 0.3 is 6.09 Å². The molecule has 28 heavy (non-hydrogen) atoms. The molecule has 0 heterocycles. The van der Waals surface area contributed by atoms with Crippen LogP contribution in [0.15, 0.2) is 78.2 Å². The molecule has 3 rings (SSSR count). The molecule has 0 saturated heterocycles. The van der Waals surface area contributed by atoms with Gasteiger partial charge in [0.2, 0.25) is 0 Å². The second kappa shape index (κ2) is 8.85. The second-order valence-corrected chi connectivity index (χ2v) is 7.37. The summed E-state index contributed by atoms with van der Waals surface area (Å²) >= 11 is 1.64. The predicted octanol–water partition coefficient (Wildman–Crippen LogP) is 6.38. The molecule has 5 heteroatoms. The van der Waals surface area contributed by atoms with Crippen molar-refractivity contribution >= 4 is 34.3 Å². The Kier molecular flexibility index (Phi) is 6.26. The van der Waals surface area contributed by atoms with Crippen LogP contribution < -0.4 is 5.32 Å².